The Labute approximate surface area is 177 Å². The molecule has 0 saturated heterocycles. The zero-order valence-electron chi connectivity index (χ0n) is 18.4. The predicted molar refractivity (Wildman–Crippen MR) is 115 cm³/mol. The van der Waals surface area contributed by atoms with Crippen LogP contribution in [0.15, 0.2) is 30.3 Å². The van der Waals surface area contributed by atoms with E-state index in [1.165, 1.54) is 12.7 Å². The summed E-state index contributed by atoms with van der Waals surface area (Å²) in [6.07, 6.45) is 0.824. The summed E-state index contributed by atoms with van der Waals surface area (Å²) >= 11 is 0. The Bertz CT molecular complexity index is 961. The second-order valence-corrected chi connectivity index (χ2v) is 7.80. The molecule has 1 heterocycles. The number of hydrogen-bond donors (Lipinski definition) is 0. The van der Waals surface area contributed by atoms with Gasteiger partial charge in [-0.3, -0.25) is 9.59 Å². The van der Waals surface area contributed by atoms with E-state index in [2.05, 4.69) is 0 Å². The summed E-state index contributed by atoms with van der Waals surface area (Å²) in [4.78, 5) is 40.1. The summed E-state index contributed by atoms with van der Waals surface area (Å²) in [7, 11) is 1.34. The van der Waals surface area contributed by atoms with Gasteiger partial charge in [-0.15, -0.1) is 0 Å². The maximum absolute atomic E-state index is 13.2. The monoisotopic (exact) mass is 410 g/mol. The molecule has 160 valence electrons. The molecule has 1 saturated carbocycles. The van der Waals surface area contributed by atoms with Crippen molar-refractivity contribution in [3.8, 4) is 0 Å². The first-order valence-electron chi connectivity index (χ1n) is 10.5. The number of methoxy groups -OCH3 is 1. The van der Waals surface area contributed by atoms with Crippen molar-refractivity contribution in [2.45, 2.75) is 46.6 Å². The van der Waals surface area contributed by atoms with E-state index in [1.807, 2.05) is 51.1 Å². The van der Waals surface area contributed by atoms with Crippen LogP contribution in [0.5, 0.6) is 0 Å². The maximum Gasteiger partial charge on any atom is 0.354 e. The van der Waals surface area contributed by atoms with Gasteiger partial charge in [0.1, 0.15) is 5.69 Å². The molecule has 0 aliphatic heterocycles. The van der Waals surface area contributed by atoms with Crippen molar-refractivity contribution >= 4 is 17.7 Å². The van der Waals surface area contributed by atoms with Crippen molar-refractivity contribution < 1.29 is 19.1 Å². The van der Waals surface area contributed by atoms with Crippen LogP contribution in [0.25, 0.3) is 0 Å². The summed E-state index contributed by atoms with van der Waals surface area (Å²) in [5, 5.41) is 0. The van der Waals surface area contributed by atoms with E-state index in [-0.39, 0.29) is 30.1 Å². The molecule has 0 N–H and O–H groups in total. The highest BCUT2D eigenvalue weighted by molar-refractivity contribution is 6.05. The van der Waals surface area contributed by atoms with E-state index >= 15 is 0 Å². The van der Waals surface area contributed by atoms with E-state index in [0.717, 1.165) is 12.1 Å². The highest BCUT2D eigenvalue weighted by Gasteiger charge is 2.45. The number of likely N-dealkylation sites (N-methyl/N-ethyl adjacent to an activating group) is 1. The first-order chi connectivity index (χ1) is 14.3. The molecule has 6 heteroatoms. The van der Waals surface area contributed by atoms with Crippen LogP contribution in [-0.4, -0.2) is 47.3 Å². The minimum absolute atomic E-state index is 0.0172. The number of rotatable bonds is 8. The Balaban J connectivity index is 1.79. The van der Waals surface area contributed by atoms with Gasteiger partial charge in [0.05, 0.1) is 13.7 Å². The van der Waals surface area contributed by atoms with Crippen LogP contribution >= 0.6 is 0 Å². The van der Waals surface area contributed by atoms with Crippen LogP contribution in [0.4, 0.5) is 0 Å². The van der Waals surface area contributed by atoms with Crippen molar-refractivity contribution in [3.63, 3.8) is 0 Å². The summed E-state index contributed by atoms with van der Waals surface area (Å²) in [6.45, 7) is 8.46. The molecule has 3 rings (SSSR count). The van der Waals surface area contributed by atoms with Crippen molar-refractivity contribution in [2.24, 2.45) is 5.92 Å². The van der Waals surface area contributed by atoms with E-state index in [1.54, 1.807) is 16.4 Å². The van der Waals surface area contributed by atoms with Gasteiger partial charge in [-0.1, -0.05) is 30.3 Å². The molecule has 0 radical (unpaired) electrons. The number of Topliss-reactive ketones (excluding diaryl/α,β-unsaturated/α-hetero) is 1. The largest absolute Gasteiger partial charge is 0.464 e. The number of esters is 1. The second-order valence-electron chi connectivity index (χ2n) is 7.80. The molecule has 1 fully saturated rings. The third kappa shape index (κ3) is 3.91. The predicted octanol–water partition coefficient (Wildman–Crippen LogP) is 3.75. The molecule has 1 aromatic carbocycles. The van der Waals surface area contributed by atoms with E-state index < -0.39 is 5.97 Å². The SMILES string of the molecule is CCN(CC(=O)c1c(C)c(C(=O)OC)n(CC)c1C)C(=O)[C@@H]1C[C@H]1c1ccccc1. The number of carbonyl (C=O) groups excluding carboxylic acids is 3. The first kappa shape index (κ1) is 21.8. The third-order valence-electron chi connectivity index (χ3n) is 6.10. The third-order valence-corrected chi connectivity index (χ3v) is 6.10. The van der Waals surface area contributed by atoms with Gasteiger partial charge < -0.3 is 14.2 Å². The lowest BCUT2D eigenvalue weighted by molar-refractivity contribution is -0.132. The Morgan fingerprint density at radius 1 is 1.13 bits per heavy atom. The molecule has 1 aromatic heterocycles. The standard InChI is InChI=1S/C24H30N2O4/c1-6-25(23(28)19-13-18(19)17-11-9-8-10-12-17)14-20(27)21-15(3)22(24(29)30-5)26(7-2)16(21)4/h8-12,18-19H,6-7,13-14H2,1-5H3/t18-,19+/m0/s1. The van der Waals surface area contributed by atoms with Gasteiger partial charge in [0, 0.05) is 30.3 Å². The van der Waals surface area contributed by atoms with Gasteiger partial charge >= 0.3 is 5.97 Å². The number of hydrogen-bond acceptors (Lipinski definition) is 4. The molecule has 0 spiro atoms. The Morgan fingerprint density at radius 2 is 1.80 bits per heavy atom. The van der Waals surface area contributed by atoms with Crippen molar-refractivity contribution in [2.75, 3.05) is 20.2 Å². The zero-order chi connectivity index (χ0) is 22.0. The van der Waals surface area contributed by atoms with E-state index in [9.17, 15) is 14.4 Å². The average Bonchev–Trinajstić information content (AvgIpc) is 3.51. The molecule has 0 unspecified atom stereocenters. The number of carbonyl (C=O) groups is 3. The number of benzene rings is 1. The normalized spacial score (nSPS) is 17.5. The minimum Gasteiger partial charge on any atom is -0.464 e. The molecule has 0 bridgehead atoms. The van der Waals surface area contributed by atoms with Gasteiger partial charge in [-0.25, -0.2) is 4.79 Å². The fourth-order valence-corrected chi connectivity index (χ4v) is 4.43. The lowest BCUT2D eigenvalue weighted by Crippen LogP contribution is -2.37. The fraction of sp³-hybridized carbons (Fsp3) is 0.458. The number of ether oxygens (including phenoxy) is 1. The number of amides is 1. The van der Waals surface area contributed by atoms with E-state index in [4.69, 9.17) is 4.74 Å². The topological polar surface area (TPSA) is 68.6 Å². The first-order valence-corrected chi connectivity index (χ1v) is 10.5. The zero-order valence-corrected chi connectivity index (χ0v) is 18.4. The molecule has 1 aliphatic rings. The summed E-state index contributed by atoms with van der Waals surface area (Å²) in [6, 6.07) is 10.0. The smallest absolute Gasteiger partial charge is 0.354 e. The lowest BCUT2D eigenvalue weighted by atomic mass is 10.0. The van der Waals surface area contributed by atoms with Gasteiger partial charge in [-0.2, -0.15) is 0 Å². The van der Waals surface area contributed by atoms with Crippen molar-refractivity contribution in [1.82, 2.24) is 9.47 Å². The summed E-state index contributed by atoms with van der Waals surface area (Å²) in [5.74, 6) is -0.400. The van der Waals surface area contributed by atoms with Crippen molar-refractivity contribution in [1.29, 1.82) is 0 Å². The molecule has 2 aromatic rings. The Hall–Kier alpha value is -2.89. The fourth-order valence-electron chi connectivity index (χ4n) is 4.43. The molecule has 1 amide bonds. The number of aromatic nitrogens is 1. The Kier molecular flexibility index (Phi) is 6.44. The lowest BCUT2D eigenvalue weighted by Gasteiger charge is -2.20. The van der Waals surface area contributed by atoms with Crippen LogP contribution in [-0.2, 0) is 16.1 Å². The number of nitrogens with zero attached hydrogens (tertiary/aromatic N) is 2. The molecule has 1 aliphatic carbocycles. The van der Waals surface area contributed by atoms with Crippen LogP contribution in [0.3, 0.4) is 0 Å². The van der Waals surface area contributed by atoms with Crippen LogP contribution < -0.4 is 0 Å². The maximum atomic E-state index is 13.2. The Morgan fingerprint density at radius 3 is 2.37 bits per heavy atom. The van der Waals surface area contributed by atoms with Gasteiger partial charge in [0.2, 0.25) is 5.91 Å². The quantitative estimate of drug-likeness (QED) is 0.491. The second kappa shape index (κ2) is 8.86. The molecular weight excluding hydrogens is 380 g/mol. The van der Waals surface area contributed by atoms with Crippen molar-refractivity contribution in [3.05, 3.63) is 58.4 Å². The summed E-state index contributed by atoms with van der Waals surface area (Å²) in [5.41, 5.74) is 3.44. The van der Waals surface area contributed by atoms with Gasteiger partial charge in [-0.05, 0) is 51.2 Å². The van der Waals surface area contributed by atoms with Crippen LogP contribution in [0.1, 0.15) is 63.9 Å². The average molecular weight is 411 g/mol. The summed E-state index contributed by atoms with van der Waals surface area (Å²) < 4.78 is 6.71. The van der Waals surface area contributed by atoms with Gasteiger partial charge in [0.25, 0.3) is 0 Å². The van der Waals surface area contributed by atoms with Crippen LogP contribution in [0, 0.1) is 19.8 Å². The molecule has 30 heavy (non-hydrogen) atoms. The molecule has 6 nitrogen and oxygen atoms in total. The molecular formula is C24H30N2O4. The minimum atomic E-state index is -0.455. The highest BCUT2D eigenvalue weighted by atomic mass is 16.5. The molecule has 2 atom stereocenters. The van der Waals surface area contributed by atoms with E-state index in [0.29, 0.717) is 29.9 Å². The highest BCUT2D eigenvalue weighted by Crippen LogP contribution is 2.48. The number of ketones is 1. The van der Waals surface area contributed by atoms with Crippen LogP contribution in [0.2, 0.25) is 0 Å². The van der Waals surface area contributed by atoms with Gasteiger partial charge in [0.15, 0.2) is 5.78 Å².